The van der Waals surface area contributed by atoms with Gasteiger partial charge in [0.15, 0.2) is 5.82 Å². The van der Waals surface area contributed by atoms with Crippen molar-refractivity contribution in [2.24, 2.45) is 0 Å². The van der Waals surface area contributed by atoms with Crippen LogP contribution in [-0.4, -0.2) is 20.2 Å². The van der Waals surface area contributed by atoms with Crippen LogP contribution < -0.4 is 5.73 Å². The highest BCUT2D eigenvalue weighted by Crippen LogP contribution is 2.27. The number of anilines is 1. The van der Waals surface area contributed by atoms with Crippen LogP contribution in [0, 0.1) is 6.92 Å². The summed E-state index contributed by atoms with van der Waals surface area (Å²) in [5, 5.41) is 12.5. The molecule has 3 aromatic rings. The van der Waals surface area contributed by atoms with Crippen molar-refractivity contribution in [3.05, 3.63) is 51.5 Å². The molecule has 3 rings (SSSR count). The quantitative estimate of drug-likeness (QED) is 0.705. The van der Waals surface area contributed by atoms with Crippen molar-refractivity contribution >= 4 is 33.2 Å². The first-order chi connectivity index (χ1) is 10.1. The zero-order valence-corrected chi connectivity index (χ0v) is 13.4. The van der Waals surface area contributed by atoms with E-state index in [1.807, 2.05) is 37.3 Å². The summed E-state index contributed by atoms with van der Waals surface area (Å²) in [5.41, 5.74) is 9.25. The van der Waals surface area contributed by atoms with Gasteiger partial charge in [-0.3, -0.25) is 0 Å². The molecule has 0 bridgehead atoms. The smallest absolute Gasteiger partial charge is 0.187 e. The van der Waals surface area contributed by atoms with Gasteiger partial charge in [-0.1, -0.05) is 11.6 Å². The molecular weight excluding hydrogens is 354 g/mol. The van der Waals surface area contributed by atoms with Crippen LogP contribution in [0.5, 0.6) is 0 Å². The third-order valence-electron chi connectivity index (χ3n) is 3.15. The summed E-state index contributed by atoms with van der Waals surface area (Å²) in [4.78, 5) is 0. The summed E-state index contributed by atoms with van der Waals surface area (Å²) in [6, 6.07) is 11.2. The molecule has 0 saturated carbocycles. The maximum absolute atomic E-state index is 6.13. The van der Waals surface area contributed by atoms with Crippen LogP contribution in [0.3, 0.4) is 0 Å². The van der Waals surface area contributed by atoms with Crippen LogP contribution >= 0.6 is 27.5 Å². The normalized spacial score (nSPS) is 10.8. The van der Waals surface area contributed by atoms with Gasteiger partial charge in [0.2, 0.25) is 0 Å². The molecule has 0 aliphatic carbocycles. The Kier molecular flexibility index (Phi) is 3.65. The molecule has 0 saturated heterocycles. The van der Waals surface area contributed by atoms with E-state index in [0.717, 1.165) is 27.0 Å². The van der Waals surface area contributed by atoms with Gasteiger partial charge in [0, 0.05) is 15.7 Å². The molecule has 2 N–H and O–H groups in total. The highest BCUT2D eigenvalue weighted by molar-refractivity contribution is 9.10. The molecule has 2 aromatic carbocycles. The fourth-order valence-corrected chi connectivity index (χ4v) is 2.39. The Labute approximate surface area is 134 Å². The van der Waals surface area contributed by atoms with Crippen LogP contribution in [0.15, 0.2) is 40.9 Å². The molecule has 0 aliphatic heterocycles. The van der Waals surface area contributed by atoms with Gasteiger partial charge in [0.25, 0.3) is 0 Å². The number of tetrazole rings is 1. The lowest BCUT2D eigenvalue weighted by atomic mass is 10.1. The molecule has 0 amide bonds. The predicted molar refractivity (Wildman–Crippen MR) is 86.4 cm³/mol. The van der Waals surface area contributed by atoms with E-state index in [4.69, 9.17) is 17.3 Å². The highest BCUT2D eigenvalue weighted by Gasteiger charge is 2.12. The van der Waals surface area contributed by atoms with E-state index in [-0.39, 0.29) is 0 Å². The molecule has 106 valence electrons. The number of halogens is 2. The fourth-order valence-electron chi connectivity index (χ4n) is 1.97. The molecule has 0 fully saturated rings. The largest absolute Gasteiger partial charge is 0.399 e. The van der Waals surface area contributed by atoms with Crippen LogP contribution in [0.25, 0.3) is 17.1 Å². The van der Waals surface area contributed by atoms with E-state index in [0.29, 0.717) is 10.8 Å². The summed E-state index contributed by atoms with van der Waals surface area (Å²) in [7, 11) is 0. The first-order valence-corrected chi connectivity index (χ1v) is 7.33. The maximum Gasteiger partial charge on any atom is 0.187 e. The van der Waals surface area contributed by atoms with Crippen molar-refractivity contribution in [3.8, 4) is 17.1 Å². The lowest BCUT2D eigenvalue weighted by Gasteiger charge is -2.07. The Morgan fingerprint density at radius 2 is 2.00 bits per heavy atom. The number of aromatic nitrogens is 4. The third kappa shape index (κ3) is 2.64. The maximum atomic E-state index is 6.13. The highest BCUT2D eigenvalue weighted by atomic mass is 79.9. The average Bonchev–Trinajstić information content (AvgIpc) is 2.94. The van der Waals surface area contributed by atoms with Crippen molar-refractivity contribution in [1.82, 2.24) is 20.2 Å². The average molecular weight is 365 g/mol. The number of hydrogen-bond acceptors (Lipinski definition) is 4. The van der Waals surface area contributed by atoms with Gasteiger partial charge in [-0.05, 0) is 75.2 Å². The van der Waals surface area contributed by atoms with Gasteiger partial charge in [0.05, 0.1) is 10.7 Å². The Bertz CT molecular complexity index is 749. The van der Waals surface area contributed by atoms with Gasteiger partial charge < -0.3 is 5.73 Å². The number of nitrogens with zero attached hydrogens (tertiary/aromatic N) is 4. The van der Waals surface area contributed by atoms with E-state index in [2.05, 4.69) is 31.5 Å². The summed E-state index contributed by atoms with van der Waals surface area (Å²) >= 11 is 9.50. The second-order valence-electron chi connectivity index (χ2n) is 4.58. The summed E-state index contributed by atoms with van der Waals surface area (Å²) in [5.74, 6) is 0.636. The van der Waals surface area contributed by atoms with Crippen LogP contribution in [0.4, 0.5) is 5.69 Å². The van der Waals surface area contributed by atoms with Crippen LogP contribution in [0.2, 0.25) is 5.02 Å². The van der Waals surface area contributed by atoms with Crippen molar-refractivity contribution in [3.63, 3.8) is 0 Å². The molecule has 1 aromatic heterocycles. The second kappa shape index (κ2) is 5.46. The van der Waals surface area contributed by atoms with Gasteiger partial charge in [0.1, 0.15) is 0 Å². The van der Waals surface area contributed by atoms with Crippen molar-refractivity contribution in [1.29, 1.82) is 0 Å². The predicted octanol–water partition coefficient (Wildman–Crippen LogP) is 3.64. The number of benzene rings is 2. The second-order valence-corrected chi connectivity index (χ2v) is 5.85. The first kappa shape index (κ1) is 14.0. The zero-order chi connectivity index (χ0) is 15.0. The molecule has 0 unspecified atom stereocenters. The Morgan fingerprint density at radius 1 is 1.19 bits per heavy atom. The van der Waals surface area contributed by atoms with E-state index in [9.17, 15) is 0 Å². The summed E-state index contributed by atoms with van der Waals surface area (Å²) in [6.07, 6.45) is 0. The Balaban J connectivity index is 2.12. The first-order valence-electron chi connectivity index (χ1n) is 6.16. The number of rotatable bonds is 2. The molecule has 7 heteroatoms. The molecule has 0 radical (unpaired) electrons. The number of nitrogens with two attached hydrogens (primary N) is 1. The number of nitrogen functional groups attached to an aromatic ring is 1. The van der Waals surface area contributed by atoms with E-state index in [1.54, 1.807) is 10.7 Å². The molecule has 1 heterocycles. The SMILES string of the molecule is Cc1cc(-c2nnnn2-c2ccc(Br)c(Cl)c2)ccc1N. The van der Waals surface area contributed by atoms with Gasteiger partial charge in [-0.2, -0.15) is 4.68 Å². The van der Waals surface area contributed by atoms with Crippen molar-refractivity contribution in [2.45, 2.75) is 6.92 Å². The topological polar surface area (TPSA) is 69.6 Å². The van der Waals surface area contributed by atoms with Crippen LogP contribution in [0.1, 0.15) is 5.56 Å². The van der Waals surface area contributed by atoms with Crippen molar-refractivity contribution in [2.75, 3.05) is 5.73 Å². The van der Waals surface area contributed by atoms with Gasteiger partial charge in [-0.15, -0.1) is 5.10 Å². The monoisotopic (exact) mass is 363 g/mol. The zero-order valence-electron chi connectivity index (χ0n) is 11.1. The molecule has 21 heavy (non-hydrogen) atoms. The molecule has 0 aliphatic rings. The fraction of sp³-hybridized carbons (Fsp3) is 0.0714. The minimum absolute atomic E-state index is 0.599. The molecule has 0 atom stereocenters. The van der Waals surface area contributed by atoms with Gasteiger partial charge in [-0.25, -0.2) is 0 Å². The molecule has 5 nitrogen and oxygen atoms in total. The van der Waals surface area contributed by atoms with E-state index in [1.165, 1.54) is 0 Å². The van der Waals surface area contributed by atoms with Gasteiger partial charge >= 0.3 is 0 Å². The third-order valence-corrected chi connectivity index (χ3v) is 4.38. The van der Waals surface area contributed by atoms with Crippen LogP contribution in [-0.2, 0) is 0 Å². The Morgan fingerprint density at radius 3 is 2.71 bits per heavy atom. The standard InChI is InChI=1S/C14H11BrClN5/c1-8-6-9(2-5-13(8)17)14-18-19-20-21(14)10-3-4-11(15)12(16)7-10/h2-7H,17H2,1H3. The minimum atomic E-state index is 0.599. The lowest BCUT2D eigenvalue weighted by molar-refractivity contribution is 0.791. The molecular formula is C14H11BrClN5. The van der Waals surface area contributed by atoms with E-state index >= 15 is 0 Å². The Hall–Kier alpha value is -1.92. The number of aryl methyl sites for hydroxylation is 1. The summed E-state index contributed by atoms with van der Waals surface area (Å²) < 4.78 is 2.47. The number of hydrogen-bond donors (Lipinski definition) is 1. The molecule has 0 spiro atoms. The lowest BCUT2D eigenvalue weighted by Crippen LogP contribution is -2.00. The summed E-state index contributed by atoms with van der Waals surface area (Å²) in [6.45, 7) is 1.95. The van der Waals surface area contributed by atoms with E-state index < -0.39 is 0 Å². The van der Waals surface area contributed by atoms with Crippen molar-refractivity contribution < 1.29 is 0 Å². The minimum Gasteiger partial charge on any atom is -0.399 e.